The molecule has 2 saturated heterocycles. The molecule has 2 aliphatic heterocycles. The molecule has 2 fully saturated rings. The standard InChI is InChI=1S/C27H33ClN2O3/c1-21-8-3-4-11-24(21)26(32)30-16-12-27(13-17-30,19-25(31)29-14-5-2-6-15-29)20-33-23-10-7-9-22(28)18-23/h3-4,7-11,18H,2,5-6,12-17,19-20H2,1H3. The number of hydrogen-bond acceptors (Lipinski definition) is 3. The Kier molecular flexibility index (Phi) is 7.59. The van der Waals surface area contributed by atoms with E-state index in [0.717, 1.165) is 49.9 Å². The number of aryl methyl sites for hydroxylation is 1. The van der Waals surface area contributed by atoms with Crippen LogP contribution in [0.2, 0.25) is 5.02 Å². The molecule has 2 aromatic carbocycles. The highest BCUT2D eigenvalue weighted by Crippen LogP contribution is 2.37. The summed E-state index contributed by atoms with van der Waals surface area (Å²) in [4.78, 5) is 30.2. The lowest BCUT2D eigenvalue weighted by Crippen LogP contribution is -2.48. The fraction of sp³-hybridized carbons (Fsp3) is 0.481. The van der Waals surface area contributed by atoms with E-state index in [1.165, 1.54) is 6.42 Å². The van der Waals surface area contributed by atoms with Crippen LogP contribution in [0.4, 0.5) is 0 Å². The van der Waals surface area contributed by atoms with E-state index in [-0.39, 0.29) is 17.2 Å². The number of carbonyl (C=O) groups excluding carboxylic acids is 2. The highest BCUT2D eigenvalue weighted by Gasteiger charge is 2.40. The lowest BCUT2D eigenvalue weighted by atomic mass is 9.75. The topological polar surface area (TPSA) is 49.9 Å². The van der Waals surface area contributed by atoms with Gasteiger partial charge in [-0.05, 0) is 68.9 Å². The van der Waals surface area contributed by atoms with Gasteiger partial charge in [-0.2, -0.15) is 0 Å². The van der Waals surface area contributed by atoms with Crippen LogP contribution in [0.25, 0.3) is 0 Å². The van der Waals surface area contributed by atoms with Crippen LogP contribution in [0.3, 0.4) is 0 Å². The summed E-state index contributed by atoms with van der Waals surface area (Å²) in [6.45, 7) is 5.36. The number of benzene rings is 2. The zero-order valence-electron chi connectivity index (χ0n) is 19.4. The fourth-order valence-electron chi connectivity index (χ4n) is 4.91. The maximum Gasteiger partial charge on any atom is 0.254 e. The molecule has 2 aliphatic rings. The molecule has 0 atom stereocenters. The number of nitrogens with zero attached hydrogens (tertiary/aromatic N) is 2. The summed E-state index contributed by atoms with van der Waals surface area (Å²) in [5.41, 5.74) is 1.45. The van der Waals surface area contributed by atoms with Crippen molar-refractivity contribution in [3.8, 4) is 5.75 Å². The van der Waals surface area contributed by atoms with Gasteiger partial charge < -0.3 is 14.5 Å². The molecule has 176 valence electrons. The summed E-state index contributed by atoms with van der Waals surface area (Å²) in [7, 11) is 0. The van der Waals surface area contributed by atoms with Crippen LogP contribution < -0.4 is 4.74 Å². The molecule has 0 N–H and O–H groups in total. The van der Waals surface area contributed by atoms with Gasteiger partial charge >= 0.3 is 0 Å². The van der Waals surface area contributed by atoms with Crippen molar-refractivity contribution in [1.82, 2.24) is 9.80 Å². The average Bonchev–Trinajstić information content (AvgIpc) is 2.84. The zero-order valence-corrected chi connectivity index (χ0v) is 20.2. The largest absolute Gasteiger partial charge is 0.493 e. The van der Waals surface area contributed by atoms with Crippen LogP contribution >= 0.6 is 11.6 Å². The Hall–Kier alpha value is -2.53. The van der Waals surface area contributed by atoms with Crippen molar-refractivity contribution < 1.29 is 14.3 Å². The van der Waals surface area contributed by atoms with Gasteiger partial charge in [0, 0.05) is 48.6 Å². The molecule has 2 amide bonds. The van der Waals surface area contributed by atoms with Gasteiger partial charge in [-0.15, -0.1) is 0 Å². The highest BCUT2D eigenvalue weighted by molar-refractivity contribution is 6.30. The Morgan fingerprint density at radius 2 is 1.67 bits per heavy atom. The van der Waals surface area contributed by atoms with Crippen molar-refractivity contribution in [2.45, 2.75) is 45.4 Å². The van der Waals surface area contributed by atoms with Gasteiger partial charge in [-0.1, -0.05) is 35.9 Å². The molecule has 0 aromatic heterocycles. The maximum atomic E-state index is 13.2. The van der Waals surface area contributed by atoms with E-state index in [9.17, 15) is 9.59 Å². The first-order valence-corrected chi connectivity index (χ1v) is 12.3. The Morgan fingerprint density at radius 1 is 0.939 bits per heavy atom. The second-order valence-corrected chi connectivity index (χ2v) is 9.91. The van der Waals surface area contributed by atoms with Gasteiger partial charge in [0.1, 0.15) is 5.75 Å². The number of piperidine rings is 2. The quantitative estimate of drug-likeness (QED) is 0.574. The highest BCUT2D eigenvalue weighted by atomic mass is 35.5. The molecule has 0 unspecified atom stereocenters. The van der Waals surface area contributed by atoms with Crippen LogP contribution in [-0.2, 0) is 4.79 Å². The number of carbonyl (C=O) groups is 2. The summed E-state index contributed by atoms with van der Waals surface area (Å²) in [6, 6.07) is 15.1. The van der Waals surface area contributed by atoms with Crippen LogP contribution in [0.5, 0.6) is 5.75 Å². The average molecular weight is 469 g/mol. The normalized spacial score (nSPS) is 18.1. The minimum Gasteiger partial charge on any atom is -0.493 e. The fourth-order valence-corrected chi connectivity index (χ4v) is 5.09. The second kappa shape index (κ2) is 10.6. The number of halogens is 1. The molecule has 2 aromatic rings. The summed E-state index contributed by atoms with van der Waals surface area (Å²) in [5, 5.41) is 0.629. The van der Waals surface area contributed by atoms with Gasteiger partial charge in [0.15, 0.2) is 0 Å². The van der Waals surface area contributed by atoms with E-state index in [1.54, 1.807) is 6.07 Å². The Labute approximate surface area is 201 Å². The first-order chi connectivity index (χ1) is 16.0. The summed E-state index contributed by atoms with van der Waals surface area (Å²) < 4.78 is 6.16. The third-order valence-electron chi connectivity index (χ3n) is 7.06. The van der Waals surface area contributed by atoms with Gasteiger partial charge in [0.2, 0.25) is 5.91 Å². The van der Waals surface area contributed by atoms with Crippen LogP contribution in [0.15, 0.2) is 48.5 Å². The lowest BCUT2D eigenvalue weighted by Gasteiger charge is -2.42. The predicted molar refractivity (Wildman–Crippen MR) is 131 cm³/mol. The maximum absolute atomic E-state index is 13.2. The predicted octanol–water partition coefficient (Wildman–Crippen LogP) is 5.35. The van der Waals surface area contributed by atoms with Crippen LogP contribution in [-0.4, -0.2) is 54.4 Å². The van der Waals surface area contributed by atoms with Crippen molar-refractivity contribution in [2.75, 3.05) is 32.8 Å². The number of ether oxygens (including phenoxy) is 1. The smallest absolute Gasteiger partial charge is 0.254 e. The molecule has 0 radical (unpaired) electrons. The number of rotatable bonds is 6. The first-order valence-electron chi connectivity index (χ1n) is 12.0. The molecule has 0 aliphatic carbocycles. The second-order valence-electron chi connectivity index (χ2n) is 9.47. The van der Waals surface area contributed by atoms with Crippen molar-refractivity contribution >= 4 is 23.4 Å². The Bertz CT molecular complexity index is 979. The monoisotopic (exact) mass is 468 g/mol. The van der Waals surface area contributed by atoms with Crippen molar-refractivity contribution in [3.05, 3.63) is 64.7 Å². The number of amides is 2. The molecule has 0 spiro atoms. The van der Waals surface area contributed by atoms with E-state index in [2.05, 4.69) is 0 Å². The molecule has 6 heteroatoms. The Balaban J connectivity index is 1.46. The van der Waals surface area contributed by atoms with E-state index >= 15 is 0 Å². The third kappa shape index (κ3) is 5.89. The molecule has 33 heavy (non-hydrogen) atoms. The molecule has 0 saturated carbocycles. The SMILES string of the molecule is Cc1ccccc1C(=O)N1CCC(COc2cccc(Cl)c2)(CC(=O)N2CCCCC2)CC1. The summed E-state index contributed by atoms with van der Waals surface area (Å²) >= 11 is 6.13. The molecular weight excluding hydrogens is 436 g/mol. The minimum atomic E-state index is -0.292. The van der Waals surface area contributed by atoms with E-state index in [1.807, 2.05) is 59.2 Å². The summed E-state index contributed by atoms with van der Waals surface area (Å²) in [6.07, 6.45) is 5.30. The van der Waals surface area contributed by atoms with Crippen LogP contribution in [0.1, 0.15) is 54.4 Å². The lowest BCUT2D eigenvalue weighted by molar-refractivity contribution is -0.136. The van der Waals surface area contributed by atoms with E-state index in [0.29, 0.717) is 36.9 Å². The molecular formula is C27H33ClN2O3. The van der Waals surface area contributed by atoms with Gasteiger partial charge in [-0.25, -0.2) is 0 Å². The van der Waals surface area contributed by atoms with Crippen molar-refractivity contribution in [1.29, 1.82) is 0 Å². The minimum absolute atomic E-state index is 0.0693. The molecule has 5 nitrogen and oxygen atoms in total. The van der Waals surface area contributed by atoms with Gasteiger partial charge in [0.25, 0.3) is 5.91 Å². The van der Waals surface area contributed by atoms with Gasteiger partial charge in [-0.3, -0.25) is 9.59 Å². The van der Waals surface area contributed by atoms with Crippen molar-refractivity contribution in [3.63, 3.8) is 0 Å². The summed E-state index contributed by atoms with van der Waals surface area (Å²) in [5.74, 6) is 0.994. The molecule has 4 rings (SSSR count). The number of hydrogen-bond donors (Lipinski definition) is 0. The van der Waals surface area contributed by atoms with E-state index in [4.69, 9.17) is 16.3 Å². The van der Waals surface area contributed by atoms with E-state index < -0.39 is 0 Å². The third-order valence-corrected chi connectivity index (χ3v) is 7.30. The molecule has 0 bridgehead atoms. The zero-order chi connectivity index (χ0) is 23.3. The first kappa shape index (κ1) is 23.6. The van der Waals surface area contributed by atoms with Gasteiger partial charge in [0.05, 0.1) is 6.61 Å². The van der Waals surface area contributed by atoms with Crippen LogP contribution in [0, 0.1) is 12.3 Å². The Morgan fingerprint density at radius 3 is 2.36 bits per heavy atom. The number of likely N-dealkylation sites (tertiary alicyclic amines) is 2. The molecule has 2 heterocycles. The van der Waals surface area contributed by atoms with Crippen molar-refractivity contribution in [2.24, 2.45) is 5.41 Å².